The Kier molecular flexibility index (Phi) is 5.63. The van der Waals surface area contributed by atoms with E-state index < -0.39 is 0 Å². The SMILES string of the molecule is COc1ccc(C)cc1C(C)NC(=O)CCn1[nH]c(=O)c2ccccc2c1=O. The molecule has 1 atom stereocenters. The lowest BCUT2D eigenvalue weighted by Crippen LogP contribution is -2.33. The zero-order chi connectivity index (χ0) is 20.3. The highest BCUT2D eigenvalue weighted by atomic mass is 16.5. The molecule has 7 heteroatoms. The van der Waals surface area contributed by atoms with E-state index in [1.807, 2.05) is 32.0 Å². The van der Waals surface area contributed by atoms with Gasteiger partial charge >= 0.3 is 0 Å². The number of ether oxygens (including phenoxy) is 1. The molecule has 0 aliphatic rings. The number of H-pyrrole nitrogens is 1. The van der Waals surface area contributed by atoms with E-state index in [0.717, 1.165) is 11.1 Å². The van der Waals surface area contributed by atoms with Gasteiger partial charge in [-0.3, -0.25) is 19.5 Å². The minimum absolute atomic E-state index is 0.0622. The number of fused-ring (bicyclic) bond motifs is 1. The number of amides is 1. The van der Waals surface area contributed by atoms with Crippen LogP contribution >= 0.6 is 0 Å². The van der Waals surface area contributed by atoms with Crippen molar-refractivity contribution >= 4 is 16.7 Å². The number of carbonyl (C=O) groups is 1. The molecule has 7 nitrogen and oxygen atoms in total. The number of nitrogens with zero attached hydrogens (tertiary/aromatic N) is 1. The summed E-state index contributed by atoms with van der Waals surface area (Å²) in [6.07, 6.45) is 0.0622. The predicted molar refractivity (Wildman–Crippen MR) is 108 cm³/mol. The Morgan fingerprint density at radius 3 is 2.61 bits per heavy atom. The third kappa shape index (κ3) is 3.98. The van der Waals surface area contributed by atoms with Gasteiger partial charge in [0.2, 0.25) is 5.91 Å². The molecule has 0 bridgehead atoms. The Morgan fingerprint density at radius 2 is 1.89 bits per heavy atom. The third-order valence-electron chi connectivity index (χ3n) is 4.68. The van der Waals surface area contributed by atoms with Crippen LogP contribution in [0.25, 0.3) is 10.8 Å². The van der Waals surface area contributed by atoms with Crippen molar-refractivity contribution in [1.29, 1.82) is 0 Å². The van der Waals surface area contributed by atoms with Crippen LogP contribution in [0, 0.1) is 6.92 Å². The number of nitrogens with one attached hydrogen (secondary N) is 2. The highest BCUT2D eigenvalue weighted by molar-refractivity contribution is 5.80. The molecule has 0 saturated carbocycles. The van der Waals surface area contributed by atoms with Gasteiger partial charge in [-0.2, -0.15) is 0 Å². The van der Waals surface area contributed by atoms with Crippen molar-refractivity contribution in [3.05, 3.63) is 74.3 Å². The smallest absolute Gasteiger partial charge is 0.273 e. The zero-order valence-corrected chi connectivity index (χ0v) is 16.1. The van der Waals surface area contributed by atoms with Gasteiger partial charge in [-0.1, -0.05) is 29.8 Å². The maximum absolute atomic E-state index is 12.5. The predicted octanol–water partition coefficient (Wildman–Crippen LogP) is 2.27. The van der Waals surface area contributed by atoms with Gasteiger partial charge in [-0.05, 0) is 32.0 Å². The minimum Gasteiger partial charge on any atom is -0.496 e. The van der Waals surface area contributed by atoms with E-state index in [1.54, 1.807) is 31.4 Å². The summed E-state index contributed by atoms with van der Waals surface area (Å²) in [7, 11) is 1.59. The fourth-order valence-corrected chi connectivity index (χ4v) is 3.20. The number of methoxy groups -OCH3 is 1. The molecule has 2 N–H and O–H groups in total. The Balaban J connectivity index is 1.72. The topological polar surface area (TPSA) is 93.2 Å². The second-order valence-electron chi connectivity index (χ2n) is 6.73. The molecule has 28 heavy (non-hydrogen) atoms. The molecule has 0 aliphatic heterocycles. The minimum atomic E-state index is -0.353. The summed E-state index contributed by atoms with van der Waals surface area (Å²) in [5.74, 6) is 0.477. The first kappa shape index (κ1) is 19.4. The van der Waals surface area contributed by atoms with Crippen LogP contribution in [-0.2, 0) is 11.3 Å². The molecule has 1 heterocycles. The largest absolute Gasteiger partial charge is 0.496 e. The standard InChI is InChI=1S/C21H23N3O4/c1-13-8-9-18(28-3)17(12-13)14(2)22-19(25)10-11-24-21(27)16-7-5-4-6-15(16)20(26)23-24/h4-9,12,14H,10-11H2,1-3H3,(H,22,25)(H,23,26). The first-order chi connectivity index (χ1) is 13.4. The number of carbonyl (C=O) groups excluding carboxylic acids is 1. The number of aromatic nitrogens is 2. The Morgan fingerprint density at radius 1 is 1.18 bits per heavy atom. The summed E-state index contributed by atoms with van der Waals surface area (Å²) in [5, 5.41) is 6.13. The maximum Gasteiger partial charge on any atom is 0.273 e. The lowest BCUT2D eigenvalue weighted by atomic mass is 10.0. The summed E-state index contributed by atoms with van der Waals surface area (Å²) in [5.41, 5.74) is 1.27. The van der Waals surface area contributed by atoms with Gasteiger partial charge in [0.15, 0.2) is 0 Å². The van der Waals surface area contributed by atoms with Gasteiger partial charge in [0.05, 0.1) is 30.5 Å². The number of hydrogen-bond acceptors (Lipinski definition) is 4. The molecule has 0 radical (unpaired) electrons. The molecule has 1 unspecified atom stereocenters. The molecule has 0 spiro atoms. The van der Waals surface area contributed by atoms with Crippen LogP contribution in [-0.4, -0.2) is 22.8 Å². The molecule has 0 fully saturated rings. The molecule has 146 valence electrons. The highest BCUT2D eigenvalue weighted by Crippen LogP contribution is 2.26. The first-order valence-corrected chi connectivity index (χ1v) is 9.06. The van der Waals surface area contributed by atoms with Gasteiger partial charge in [0, 0.05) is 12.0 Å². The van der Waals surface area contributed by atoms with Gasteiger partial charge in [-0.15, -0.1) is 0 Å². The molecule has 1 aromatic heterocycles. The van der Waals surface area contributed by atoms with Crippen LogP contribution in [0.2, 0.25) is 0 Å². The fraction of sp³-hybridized carbons (Fsp3) is 0.286. The number of hydrogen-bond donors (Lipinski definition) is 2. The monoisotopic (exact) mass is 381 g/mol. The number of benzene rings is 2. The van der Waals surface area contributed by atoms with Crippen molar-refractivity contribution in [3.63, 3.8) is 0 Å². The van der Waals surface area contributed by atoms with Crippen LogP contribution in [0.1, 0.15) is 30.5 Å². The van der Waals surface area contributed by atoms with Crippen LogP contribution in [0.4, 0.5) is 0 Å². The van der Waals surface area contributed by atoms with E-state index in [4.69, 9.17) is 4.74 Å². The van der Waals surface area contributed by atoms with E-state index in [9.17, 15) is 14.4 Å². The number of aryl methyl sites for hydroxylation is 2. The summed E-state index contributed by atoms with van der Waals surface area (Å²) >= 11 is 0. The molecular formula is C21H23N3O4. The van der Waals surface area contributed by atoms with Crippen molar-refractivity contribution in [3.8, 4) is 5.75 Å². The van der Waals surface area contributed by atoms with Crippen LogP contribution < -0.4 is 21.2 Å². The van der Waals surface area contributed by atoms with Crippen molar-refractivity contribution < 1.29 is 9.53 Å². The summed E-state index contributed by atoms with van der Waals surface area (Å²) < 4.78 is 6.55. The lowest BCUT2D eigenvalue weighted by Gasteiger charge is -2.18. The van der Waals surface area contributed by atoms with Gasteiger partial charge in [0.25, 0.3) is 11.1 Å². The highest BCUT2D eigenvalue weighted by Gasteiger charge is 2.15. The Bertz CT molecular complexity index is 1130. The van der Waals surface area contributed by atoms with Gasteiger partial charge in [0.1, 0.15) is 5.75 Å². The summed E-state index contributed by atoms with van der Waals surface area (Å²) in [4.78, 5) is 37.0. The quantitative estimate of drug-likeness (QED) is 0.685. The van der Waals surface area contributed by atoms with Crippen molar-refractivity contribution in [2.45, 2.75) is 32.9 Å². The lowest BCUT2D eigenvalue weighted by molar-refractivity contribution is -0.122. The molecule has 0 aliphatic carbocycles. The summed E-state index contributed by atoms with van der Waals surface area (Å²) in [6, 6.07) is 12.1. The molecule has 0 saturated heterocycles. The first-order valence-electron chi connectivity index (χ1n) is 9.06. The van der Waals surface area contributed by atoms with E-state index >= 15 is 0 Å². The second-order valence-corrected chi connectivity index (χ2v) is 6.73. The molecule has 1 amide bonds. The van der Waals surface area contributed by atoms with Crippen LogP contribution in [0.3, 0.4) is 0 Å². The van der Waals surface area contributed by atoms with Crippen LogP contribution in [0.5, 0.6) is 5.75 Å². The fourth-order valence-electron chi connectivity index (χ4n) is 3.20. The van der Waals surface area contributed by atoms with E-state index in [-0.39, 0.29) is 36.0 Å². The van der Waals surface area contributed by atoms with E-state index in [0.29, 0.717) is 16.5 Å². The van der Waals surface area contributed by atoms with Crippen molar-refractivity contribution in [1.82, 2.24) is 15.1 Å². The van der Waals surface area contributed by atoms with Crippen LogP contribution in [0.15, 0.2) is 52.1 Å². The Hall–Kier alpha value is -3.35. The number of rotatable bonds is 6. The number of aromatic amines is 1. The molecule has 3 rings (SSSR count). The van der Waals surface area contributed by atoms with Crippen molar-refractivity contribution in [2.24, 2.45) is 0 Å². The molecule has 2 aromatic carbocycles. The van der Waals surface area contributed by atoms with Crippen molar-refractivity contribution in [2.75, 3.05) is 7.11 Å². The zero-order valence-electron chi connectivity index (χ0n) is 16.1. The average Bonchev–Trinajstić information content (AvgIpc) is 2.69. The van der Waals surface area contributed by atoms with E-state index in [1.165, 1.54) is 4.68 Å². The van der Waals surface area contributed by atoms with Gasteiger partial charge in [-0.25, -0.2) is 4.68 Å². The third-order valence-corrected chi connectivity index (χ3v) is 4.68. The average molecular weight is 381 g/mol. The maximum atomic E-state index is 12.5. The molecular weight excluding hydrogens is 358 g/mol. The molecule has 3 aromatic rings. The second kappa shape index (κ2) is 8.12. The normalized spacial score (nSPS) is 12.0. The van der Waals surface area contributed by atoms with E-state index in [2.05, 4.69) is 10.4 Å². The summed E-state index contributed by atoms with van der Waals surface area (Å²) in [6.45, 7) is 3.93. The Labute approximate surface area is 161 Å². The van der Waals surface area contributed by atoms with Gasteiger partial charge < -0.3 is 10.1 Å².